The summed E-state index contributed by atoms with van der Waals surface area (Å²) in [6, 6.07) is 15.3. The first-order valence-electron chi connectivity index (χ1n) is 7.95. The Bertz CT molecular complexity index is 702. The van der Waals surface area contributed by atoms with E-state index >= 15 is 0 Å². The van der Waals surface area contributed by atoms with E-state index in [2.05, 4.69) is 5.32 Å². The molecule has 0 fully saturated rings. The Balaban J connectivity index is 2.06. The lowest BCUT2D eigenvalue weighted by Gasteiger charge is -2.25. The molecule has 2 rings (SSSR count). The highest BCUT2D eigenvalue weighted by Gasteiger charge is 2.15. The average molecular weight is 342 g/mol. The first-order valence-corrected chi connectivity index (χ1v) is 7.95. The van der Waals surface area contributed by atoms with Crippen LogP contribution in [0.1, 0.15) is 5.56 Å². The van der Waals surface area contributed by atoms with E-state index in [0.29, 0.717) is 18.8 Å². The molecule has 0 bridgehead atoms. The van der Waals surface area contributed by atoms with Crippen LogP contribution in [-0.2, 0) is 6.54 Å². The molecule has 0 saturated carbocycles. The van der Waals surface area contributed by atoms with Crippen molar-refractivity contribution in [3.05, 3.63) is 70.3 Å². The van der Waals surface area contributed by atoms with Crippen LogP contribution in [0.4, 0.5) is 16.2 Å². The van der Waals surface area contributed by atoms with Gasteiger partial charge in [-0.25, -0.2) is 4.79 Å². The van der Waals surface area contributed by atoms with Crippen molar-refractivity contribution in [2.75, 3.05) is 32.5 Å². The summed E-state index contributed by atoms with van der Waals surface area (Å²) in [4.78, 5) is 26.6. The Morgan fingerprint density at radius 3 is 2.24 bits per heavy atom. The SMILES string of the molecule is CN(C)CCN(Cc1ccccc1)C(=O)Nc1ccc([N+](=O)[O-])cc1. The van der Waals surface area contributed by atoms with Crippen molar-refractivity contribution in [3.8, 4) is 0 Å². The van der Waals surface area contributed by atoms with Crippen molar-refractivity contribution in [3.63, 3.8) is 0 Å². The number of rotatable bonds is 7. The van der Waals surface area contributed by atoms with Gasteiger partial charge >= 0.3 is 6.03 Å². The predicted molar refractivity (Wildman–Crippen MR) is 97.5 cm³/mol. The first-order chi connectivity index (χ1) is 12.0. The molecule has 0 spiro atoms. The molecule has 0 unspecified atom stereocenters. The van der Waals surface area contributed by atoms with Crippen LogP contribution in [0, 0.1) is 10.1 Å². The van der Waals surface area contributed by atoms with Crippen molar-refractivity contribution in [1.82, 2.24) is 9.80 Å². The second-order valence-electron chi connectivity index (χ2n) is 5.94. The van der Waals surface area contributed by atoms with Crippen LogP contribution in [0.5, 0.6) is 0 Å². The van der Waals surface area contributed by atoms with Gasteiger partial charge in [0.15, 0.2) is 0 Å². The first kappa shape index (κ1) is 18.4. The molecule has 2 aromatic carbocycles. The largest absolute Gasteiger partial charge is 0.322 e. The molecule has 7 heteroatoms. The van der Waals surface area contributed by atoms with Gasteiger partial charge in [-0.05, 0) is 31.8 Å². The van der Waals surface area contributed by atoms with Crippen LogP contribution in [0.3, 0.4) is 0 Å². The van der Waals surface area contributed by atoms with E-state index in [0.717, 1.165) is 12.1 Å². The van der Waals surface area contributed by atoms with Crippen molar-refractivity contribution < 1.29 is 9.72 Å². The molecule has 0 aliphatic carbocycles. The second-order valence-corrected chi connectivity index (χ2v) is 5.94. The Labute approximate surface area is 147 Å². The summed E-state index contributed by atoms with van der Waals surface area (Å²) >= 11 is 0. The van der Waals surface area contributed by atoms with E-state index in [4.69, 9.17) is 0 Å². The zero-order chi connectivity index (χ0) is 18.2. The summed E-state index contributed by atoms with van der Waals surface area (Å²) in [6.07, 6.45) is 0. The number of hydrogen-bond donors (Lipinski definition) is 1. The summed E-state index contributed by atoms with van der Waals surface area (Å²) in [5.74, 6) is 0. The summed E-state index contributed by atoms with van der Waals surface area (Å²) < 4.78 is 0. The Kier molecular flexibility index (Phi) is 6.47. The zero-order valence-corrected chi connectivity index (χ0v) is 14.4. The molecule has 0 saturated heterocycles. The van der Waals surface area contributed by atoms with Crippen molar-refractivity contribution >= 4 is 17.4 Å². The van der Waals surface area contributed by atoms with Gasteiger partial charge in [0.25, 0.3) is 5.69 Å². The van der Waals surface area contributed by atoms with Crippen LogP contribution in [0.15, 0.2) is 54.6 Å². The van der Waals surface area contributed by atoms with Crippen LogP contribution < -0.4 is 5.32 Å². The quantitative estimate of drug-likeness (QED) is 0.619. The number of carbonyl (C=O) groups excluding carboxylic acids is 1. The monoisotopic (exact) mass is 342 g/mol. The topological polar surface area (TPSA) is 78.7 Å². The molecule has 0 aromatic heterocycles. The van der Waals surface area contributed by atoms with Gasteiger partial charge in [0, 0.05) is 37.5 Å². The molecule has 0 aliphatic heterocycles. The van der Waals surface area contributed by atoms with Crippen molar-refractivity contribution in [2.45, 2.75) is 6.54 Å². The minimum Gasteiger partial charge on any atom is -0.319 e. The lowest BCUT2D eigenvalue weighted by Crippen LogP contribution is -2.39. The minimum atomic E-state index is -0.468. The summed E-state index contributed by atoms with van der Waals surface area (Å²) in [6.45, 7) is 1.80. The van der Waals surface area contributed by atoms with Crippen LogP contribution in [0.25, 0.3) is 0 Å². The third-order valence-corrected chi connectivity index (χ3v) is 3.65. The number of likely N-dealkylation sites (N-methyl/N-ethyl adjacent to an activating group) is 1. The standard InChI is InChI=1S/C18H22N4O3/c1-20(2)12-13-21(14-15-6-4-3-5-7-15)18(23)19-16-8-10-17(11-9-16)22(24)25/h3-11H,12-14H2,1-2H3,(H,19,23). The van der Waals surface area contributed by atoms with Crippen molar-refractivity contribution in [2.24, 2.45) is 0 Å². The molecule has 0 heterocycles. The van der Waals surface area contributed by atoms with Gasteiger partial charge < -0.3 is 15.1 Å². The normalized spacial score (nSPS) is 10.5. The summed E-state index contributed by atoms with van der Waals surface area (Å²) in [7, 11) is 3.91. The summed E-state index contributed by atoms with van der Waals surface area (Å²) in [5, 5.41) is 13.5. The van der Waals surface area contributed by atoms with E-state index in [1.807, 2.05) is 49.3 Å². The Hall–Kier alpha value is -2.93. The zero-order valence-electron chi connectivity index (χ0n) is 14.4. The molecule has 2 amide bonds. The molecule has 7 nitrogen and oxygen atoms in total. The van der Waals surface area contributed by atoms with Gasteiger partial charge in [-0.15, -0.1) is 0 Å². The van der Waals surface area contributed by atoms with Gasteiger partial charge in [-0.3, -0.25) is 10.1 Å². The fourth-order valence-corrected chi connectivity index (χ4v) is 2.25. The van der Waals surface area contributed by atoms with E-state index in [-0.39, 0.29) is 11.7 Å². The van der Waals surface area contributed by atoms with E-state index in [1.54, 1.807) is 4.90 Å². The number of carbonyl (C=O) groups is 1. The maximum atomic E-state index is 12.6. The number of hydrogen-bond acceptors (Lipinski definition) is 4. The van der Waals surface area contributed by atoms with Crippen LogP contribution in [-0.4, -0.2) is 47.9 Å². The third-order valence-electron chi connectivity index (χ3n) is 3.65. The van der Waals surface area contributed by atoms with E-state index in [9.17, 15) is 14.9 Å². The number of benzene rings is 2. The van der Waals surface area contributed by atoms with Gasteiger partial charge in [-0.2, -0.15) is 0 Å². The highest BCUT2D eigenvalue weighted by Crippen LogP contribution is 2.16. The number of amides is 2. The smallest absolute Gasteiger partial charge is 0.319 e. The lowest BCUT2D eigenvalue weighted by molar-refractivity contribution is -0.384. The molecule has 1 N–H and O–H groups in total. The third kappa shape index (κ3) is 5.89. The van der Waals surface area contributed by atoms with Crippen molar-refractivity contribution in [1.29, 1.82) is 0 Å². The van der Waals surface area contributed by atoms with Crippen LogP contribution in [0.2, 0.25) is 0 Å². The highest BCUT2D eigenvalue weighted by atomic mass is 16.6. The maximum absolute atomic E-state index is 12.6. The van der Waals surface area contributed by atoms with Gasteiger partial charge in [0.1, 0.15) is 0 Å². The fourth-order valence-electron chi connectivity index (χ4n) is 2.25. The number of nitrogens with one attached hydrogen (secondary N) is 1. The predicted octanol–water partition coefficient (Wildman–Crippen LogP) is 3.19. The summed E-state index contributed by atoms with van der Waals surface area (Å²) in [5.41, 5.74) is 1.56. The van der Waals surface area contributed by atoms with E-state index in [1.165, 1.54) is 24.3 Å². The van der Waals surface area contributed by atoms with E-state index < -0.39 is 4.92 Å². The molecule has 2 aromatic rings. The number of urea groups is 1. The molecule has 25 heavy (non-hydrogen) atoms. The molecular formula is C18H22N4O3. The molecule has 0 radical (unpaired) electrons. The number of anilines is 1. The van der Waals surface area contributed by atoms with Gasteiger partial charge in [0.05, 0.1) is 4.92 Å². The Morgan fingerprint density at radius 1 is 1.04 bits per heavy atom. The Morgan fingerprint density at radius 2 is 1.68 bits per heavy atom. The van der Waals surface area contributed by atoms with Gasteiger partial charge in [-0.1, -0.05) is 30.3 Å². The lowest BCUT2D eigenvalue weighted by atomic mass is 10.2. The number of non-ortho nitro benzene ring substituents is 1. The van der Waals surface area contributed by atoms with Gasteiger partial charge in [0.2, 0.25) is 0 Å². The second kappa shape index (κ2) is 8.79. The molecule has 0 atom stereocenters. The molecule has 0 aliphatic rings. The average Bonchev–Trinajstić information content (AvgIpc) is 2.59. The highest BCUT2D eigenvalue weighted by molar-refractivity contribution is 5.89. The fraction of sp³-hybridized carbons (Fsp3) is 0.278. The van der Waals surface area contributed by atoms with Crippen LogP contribution >= 0.6 is 0 Å². The minimum absolute atomic E-state index is 0.00764. The number of nitro groups is 1. The molecule has 132 valence electrons. The molecular weight excluding hydrogens is 320 g/mol. The maximum Gasteiger partial charge on any atom is 0.322 e. The number of nitrogens with zero attached hydrogens (tertiary/aromatic N) is 3. The number of nitro benzene ring substituents is 1.